The second-order valence-corrected chi connectivity index (χ2v) is 6.49. The van der Waals surface area contributed by atoms with Gasteiger partial charge in [-0.1, -0.05) is 27.7 Å². The number of H-pyrrole nitrogens is 1. The highest BCUT2D eigenvalue weighted by molar-refractivity contribution is 5.98. The van der Waals surface area contributed by atoms with Crippen molar-refractivity contribution in [2.24, 2.45) is 11.7 Å². The van der Waals surface area contributed by atoms with Crippen molar-refractivity contribution >= 4 is 23.1 Å². The predicted molar refractivity (Wildman–Crippen MR) is 82.5 cm³/mol. The van der Waals surface area contributed by atoms with E-state index in [2.05, 4.69) is 37.7 Å². The number of rotatable bonds is 5. The van der Waals surface area contributed by atoms with E-state index in [0.29, 0.717) is 11.6 Å². The van der Waals surface area contributed by atoms with Crippen LogP contribution in [0.4, 0.5) is 0 Å². The third kappa shape index (κ3) is 2.82. The maximum Gasteiger partial charge on any atom is 0.267 e. The van der Waals surface area contributed by atoms with Gasteiger partial charge in [0.2, 0.25) is 0 Å². The highest BCUT2D eigenvalue weighted by Crippen LogP contribution is 2.37. The van der Waals surface area contributed by atoms with E-state index >= 15 is 0 Å². The summed E-state index contributed by atoms with van der Waals surface area (Å²) in [6.45, 7) is 8.50. The minimum Gasteiger partial charge on any atom is -0.364 e. The van der Waals surface area contributed by atoms with Gasteiger partial charge >= 0.3 is 0 Å². The SMILES string of the molecule is CC(C)CC(C)(C)c1c(C=O)[nH]c2cnc(C(N)=O)cc12. The normalized spacial score (nSPS) is 12.0. The zero-order valence-corrected chi connectivity index (χ0v) is 12.9. The zero-order valence-electron chi connectivity index (χ0n) is 12.9. The lowest BCUT2D eigenvalue weighted by molar-refractivity contribution is 0.0995. The number of nitrogens with two attached hydrogens (primary N) is 1. The Balaban J connectivity index is 2.72. The van der Waals surface area contributed by atoms with E-state index < -0.39 is 5.91 Å². The third-order valence-corrected chi connectivity index (χ3v) is 3.68. The summed E-state index contributed by atoms with van der Waals surface area (Å²) in [6.07, 6.45) is 3.30. The van der Waals surface area contributed by atoms with Gasteiger partial charge in [0.25, 0.3) is 5.91 Å². The van der Waals surface area contributed by atoms with Crippen LogP contribution < -0.4 is 5.73 Å². The number of fused-ring (bicyclic) bond motifs is 1. The number of amides is 1. The van der Waals surface area contributed by atoms with Crippen molar-refractivity contribution in [1.29, 1.82) is 0 Å². The second kappa shape index (κ2) is 5.31. The van der Waals surface area contributed by atoms with Crippen molar-refractivity contribution in [3.8, 4) is 0 Å². The Hall–Kier alpha value is -2.17. The lowest BCUT2D eigenvalue weighted by atomic mass is 9.76. The fourth-order valence-corrected chi connectivity index (χ4v) is 3.19. The predicted octanol–water partition coefficient (Wildman–Crippen LogP) is 2.80. The molecule has 0 aromatic carbocycles. The third-order valence-electron chi connectivity index (χ3n) is 3.68. The van der Waals surface area contributed by atoms with Crippen LogP contribution in [0.1, 0.15) is 60.7 Å². The average molecular weight is 287 g/mol. The van der Waals surface area contributed by atoms with Gasteiger partial charge < -0.3 is 10.7 Å². The molecule has 2 heterocycles. The molecule has 0 aliphatic rings. The van der Waals surface area contributed by atoms with E-state index in [4.69, 9.17) is 5.73 Å². The van der Waals surface area contributed by atoms with Gasteiger partial charge in [0, 0.05) is 5.39 Å². The number of nitrogens with zero attached hydrogens (tertiary/aromatic N) is 1. The number of hydrogen-bond donors (Lipinski definition) is 2. The molecule has 0 atom stereocenters. The maximum atomic E-state index is 11.4. The summed E-state index contributed by atoms with van der Waals surface area (Å²) in [6, 6.07) is 1.67. The van der Waals surface area contributed by atoms with Crippen molar-refractivity contribution in [3.05, 3.63) is 29.2 Å². The first-order valence-electron chi connectivity index (χ1n) is 7.03. The van der Waals surface area contributed by atoms with Crippen molar-refractivity contribution < 1.29 is 9.59 Å². The summed E-state index contributed by atoms with van der Waals surface area (Å²) < 4.78 is 0. The molecule has 0 spiro atoms. The number of aromatic amines is 1. The molecular weight excluding hydrogens is 266 g/mol. The first-order valence-corrected chi connectivity index (χ1v) is 7.03. The highest BCUT2D eigenvalue weighted by Gasteiger charge is 2.29. The van der Waals surface area contributed by atoms with Crippen LogP contribution in [0, 0.1) is 5.92 Å². The zero-order chi connectivity index (χ0) is 15.8. The largest absolute Gasteiger partial charge is 0.364 e. The molecule has 21 heavy (non-hydrogen) atoms. The second-order valence-electron chi connectivity index (χ2n) is 6.49. The fourth-order valence-electron chi connectivity index (χ4n) is 3.19. The molecular formula is C16H21N3O2. The lowest BCUT2D eigenvalue weighted by Gasteiger charge is -2.27. The Kier molecular flexibility index (Phi) is 3.85. The molecule has 0 bridgehead atoms. The highest BCUT2D eigenvalue weighted by atomic mass is 16.1. The standard InChI is InChI=1S/C16H21N3O2/c1-9(2)6-16(3,4)14-10-5-11(15(17)21)18-7-12(10)19-13(14)8-20/h5,7-9,19H,6H2,1-4H3,(H2,17,21). The van der Waals surface area contributed by atoms with Gasteiger partial charge in [-0.15, -0.1) is 0 Å². The molecule has 0 unspecified atom stereocenters. The number of pyridine rings is 1. The topological polar surface area (TPSA) is 88.8 Å². The summed E-state index contributed by atoms with van der Waals surface area (Å²) in [4.78, 5) is 29.8. The smallest absolute Gasteiger partial charge is 0.267 e. The van der Waals surface area contributed by atoms with Crippen LogP contribution in [0.25, 0.3) is 10.9 Å². The summed E-state index contributed by atoms with van der Waals surface area (Å²) in [5.41, 5.74) is 7.52. The van der Waals surface area contributed by atoms with E-state index in [0.717, 1.165) is 29.2 Å². The Morgan fingerprint density at radius 2 is 2.14 bits per heavy atom. The van der Waals surface area contributed by atoms with Gasteiger partial charge in [-0.3, -0.25) is 9.59 Å². The molecule has 0 fully saturated rings. The van der Waals surface area contributed by atoms with Crippen molar-refractivity contribution in [2.75, 3.05) is 0 Å². The lowest BCUT2D eigenvalue weighted by Crippen LogP contribution is -2.21. The van der Waals surface area contributed by atoms with E-state index in [9.17, 15) is 9.59 Å². The molecule has 0 saturated heterocycles. The number of aldehydes is 1. The van der Waals surface area contributed by atoms with Crippen LogP contribution in [0.5, 0.6) is 0 Å². The number of aromatic nitrogens is 2. The van der Waals surface area contributed by atoms with Crippen LogP contribution in [0.15, 0.2) is 12.3 Å². The van der Waals surface area contributed by atoms with Gasteiger partial charge in [0.05, 0.1) is 17.4 Å². The van der Waals surface area contributed by atoms with Gasteiger partial charge in [-0.25, -0.2) is 4.98 Å². The van der Waals surface area contributed by atoms with Gasteiger partial charge in [0.15, 0.2) is 6.29 Å². The van der Waals surface area contributed by atoms with Gasteiger partial charge in [0.1, 0.15) is 5.69 Å². The molecule has 112 valence electrons. The van der Waals surface area contributed by atoms with E-state index in [1.165, 1.54) is 0 Å². The minimum atomic E-state index is -0.571. The molecule has 5 heteroatoms. The van der Waals surface area contributed by atoms with Gasteiger partial charge in [-0.2, -0.15) is 0 Å². The number of carbonyl (C=O) groups is 2. The average Bonchev–Trinajstić information content (AvgIpc) is 2.74. The Labute approximate surface area is 123 Å². The molecule has 0 radical (unpaired) electrons. The number of nitrogens with one attached hydrogen (secondary N) is 1. The van der Waals surface area contributed by atoms with E-state index in [-0.39, 0.29) is 11.1 Å². The molecule has 0 aliphatic carbocycles. The Morgan fingerprint density at radius 1 is 1.48 bits per heavy atom. The monoisotopic (exact) mass is 287 g/mol. The fraction of sp³-hybridized carbons (Fsp3) is 0.438. The summed E-state index contributed by atoms with van der Waals surface area (Å²) in [7, 11) is 0. The molecule has 2 aromatic heterocycles. The van der Waals surface area contributed by atoms with Gasteiger partial charge in [-0.05, 0) is 29.4 Å². The van der Waals surface area contributed by atoms with E-state index in [1.54, 1.807) is 12.3 Å². The maximum absolute atomic E-state index is 11.4. The summed E-state index contributed by atoms with van der Waals surface area (Å²) in [5.74, 6) is -0.0831. The van der Waals surface area contributed by atoms with Crippen LogP contribution in [0.2, 0.25) is 0 Å². The van der Waals surface area contributed by atoms with Crippen LogP contribution >= 0.6 is 0 Å². The van der Waals surface area contributed by atoms with Crippen LogP contribution in [-0.4, -0.2) is 22.2 Å². The van der Waals surface area contributed by atoms with Crippen molar-refractivity contribution in [1.82, 2.24) is 9.97 Å². The first-order chi connectivity index (χ1) is 9.76. The van der Waals surface area contributed by atoms with Crippen molar-refractivity contribution in [3.63, 3.8) is 0 Å². The molecule has 0 saturated carbocycles. The number of primary amides is 1. The van der Waals surface area contributed by atoms with Crippen LogP contribution in [-0.2, 0) is 5.41 Å². The Bertz CT molecular complexity index is 699. The van der Waals surface area contributed by atoms with Crippen LogP contribution in [0.3, 0.4) is 0 Å². The molecule has 2 aromatic rings. The molecule has 3 N–H and O–H groups in total. The molecule has 2 rings (SSSR count). The molecule has 5 nitrogen and oxygen atoms in total. The summed E-state index contributed by atoms with van der Waals surface area (Å²) in [5, 5.41) is 0.839. The first kappa shape index (κ1) is 15.2. The van der Waals surface area contributed by atoms with E-state index in [1.807, 2.05) is 0 Å². The van der Waals surface area contributed by atoms with Crippen molar-refractivity contribution in [2.45, 2.75) is 39.5 Å². The Morgan fingerprint density at radius 3 is 2.67 bits per heavy atom. The number of hydrogen-bond acceptors (Lipinski definition) is 3. The minimum absolute atomic E-state index is 0.196. The molecule has 1 amide bonds. The quantitative estimate of drug-likeness (QED) is 0.829. The summed E-state index contributed by atoms with van der Waals surface area (Å²) >= 11 is 0. The number of carbonyl (C=O) groups excluding carboxylic acids is 2. The molecule has 0 aliphatic heterocycles.